The summed E-state index contributed by atoms with van der Waals surface area (Å²) >= 11 is 0. The van der Waals surface area contributed by atoms with E-state index in [1.165, 1.54) is 6.07 Å². The molecule has 11 rings (SSSR count). The predicted molar refractivity (Wildman–Crippen MR) is 311 cm³/mol. The van der Waals surface area contributed by atoms with Crippen LogP contribution in [0.5, 0.6) is 0 Å². The molecule has 2 aliphatic heterocycles. The van der Waals surface area contributed by atoms with E-state index in [9.17, 15) is 33.9 Å². The molecule has 85 heavy (non-hydrogen) atoms. The molecule has 456 valence electrons. The Labute approximate surface area is 494 Å². The molecule has 0 radical (unpaired) electrons. The molecule has 0 bridgehead atoms. The first-order chi connectivity index (χ1) is 40.9. The zero-order valence-corrected chi connectivity index (χ0v) is 49.3. The van der Waals surface area contributed by atoms with Crippen molar-refractivity contribution in [2.75, 3.05) is 44.9 Å². The normalized spacial score (nSPS) is 24.8. The number of anilines is 1. The molecular weight excluding hydrogens is 1090 g/mol. The largest absolute Gasteiger partial charge is 0.449 e. The van der Waals surface area contributed by atoms with Gasteiger partial charge in [0, 0.05) is 54.1 Å². The average Bonchev–Trinajstić information content (AvgIpc) is 1.56. The first-order valence-electron chi connectivity index (χ1n) is 30.5. The molecule has 3 fully saturated rings. The zero-order chi connectivity index (χ0) is 59.8. The van der Waals surface area contributed by atoms with Crippen molar-refractivity contribution in [2.45, 2.75) is 173 Å². The van der Waals surface area contributed by atoms with Crippen LogP contribution in [-0.4, -0.2) is 108 Å². The number of allylic oxidation sites excluding steroid dienone is 2. The summed E-state index contributed by atoms with van der Waals surface area (Å²) in [5.74, 6) is -2.71. The van der Waals surface area contributed by atoms with Gasteiger partial charge in [-0.25, -0.2) is 19.0 Å². The number of aliphatic hydroxyl groups is 1. The van der Waals surface area contributed by atoms with Crippen LogP contribution in [0.25, 0.3) is 22.3 Å². The van der Waals surface area contributed by atoms with Gasteiger partial charge in [-0.05, 0) is 141 Å². The lowest BCUT2D eigenvalue weighted by molar-refractivity contribution is -0.256. The van der Waals surface area contributed by atoms with E-state index in [0.717, 1.165) is 78.1 Å². The van der Waals surface area contributed by atoms with Crippen molar-refractivity contribution in [3.05, 3.63) is 104 Å². The highest BCUT2D eigenvalue weighted by Crippen LogP contribution is 2.64. The van der Waals surface area contributed by atoms with Crippen molar-refractivity contribution in [2.24, 2.45) is 23.7 Å². The standard InChI is InChI=1S/C64H80FN7O13/c1-6-62-35-64(62,79)85-33-46-47(62)28-51-56-44(30-72(51)59(46)76)54-49(21-20-41-37(4)48(65)29-50(70-56)53(41)54)69-52(73)34-84-63(22-12-9-13-23-63)83-31-39-16-18-40(19-17-39)68-57(74)38(5)67-58(75)55(36(2)3)71-61(78)81-27-26-80-25-24-66-60(77)82-32-45-42-14-10-7-8-11-15-43(42)45/h7-8,16-19,28-29,36,38,42-43,45,49,55,79H,6,9-15,20-27,30-35H2,1-5H3,(H,66,77)(H,67,75)(H,68,74)(H,69,73)(H,71,78)/b8-7-/t38-,42-,43+,45?,49?,55-,62-,64-/m0/s1. The number of fused-ring (bicyclic) bond motifs is 8. The van der Waals surface area contributed by atoms with E-state index in [2.05, 4.69) is 38.7 Å². The van der Waals surface area contributed by atoms with E-state index in [1.54, 1.807) is 44.4 Å². The third-order valence-electron chi connectivity index (χ3n) is 19.0. The molecule has 2 aromatic heterocycles. The van der Waals surface area contributed by atoms with Crippen molar-refractivity contribution in [3.63, 3.8) is 0 Å². The number of hydrogen-bond acceptors (Lipinski definition) is 14. The molecule has 5 amide bonds. The van der Waals surface area contributed by atoms with Gasteiger partial charge in [-0.1, -0.05) is 51.5 Å². The van der Waals surface area contributed by atoms with Crippen LogP contribution in [0.15, 0.2) is 53.3 Å². The molecule has 8 atom stereocenters. The van der Waals surface area contributed by atoms with Crippen LogP contribution in [-0.2, 0) is 74.4 Å². The van der Waals surface area contributed by atoms with Crippen molar-refractivity contribution >= 4 is 46.5 Å². The summed E-state index contributed by atoms with van der Waals surface area (Å²) in [5, 5.41) is 26.0. The molecule has 2 aromatic carbocycles. The lowest BCUT2D eigenvalue weighted by Gasteiger charge is -2.37. The number of alkyl carbamates (subject to hydrolysis) is 2. The lowest BCUT2D eigenvalue weighted by Crippen LogP contribution is -2.53. The summed E-state index contributed by atoms with van der Waals surface area (Å²) in [5.41, 5.74) is 6.33. The second kappa shape index (κ2) is 24.9. The second-order valence-electron chi connectivity index (χ2n) is 24.6. The fourth-order valence-corrected chi connectivity index (χ4v) is 14.0. The van der Waals surface area contributed by atoms with Crippen LogP contribution in [0.4, 0.5) is 19.7 Å². The minimum atomic E-state index is -1.32. The molecule has 2 unspecified atom stereocenters. The van der Waals surface area contributed by atoms with Crippen LogP contribution in [0.2, 0.25) is 0 Å². The number of pyridine rings is 2. The predicted octanol–water partition coefficient (Wildman–Crippen LogP) is 8.07. The van der Waals surface area contributed by atoms with Crippen molar-refractivity contribution in [1.29, 1.82) is 0 Å². The molecule has 21 heteroatoms. The topological polar surface area (TPSA) is 256 Å². The molecule has 3 saturated carbocycles. The summed E-state index contributed by atoms with van der Waals surface area (Å²) < 4.78 is 52.3. The van der Waals surface area contributed by atoms with E-state index in [0.29, 0.717) is 96.6 Å². The number of carbonyl (C=O) groups is 5. The van der Waals surface area contributed by atoms with Gasteiger partial charge in [0.2, 0.25) is 17.7 Å². The number of rotatable bonds is 22. The fraction of sp³-hybridized carbons (Fsp3) is 0.578. The Morgan fingerprint density at radius 2 is 1.64 bits per heavy atom. The first-order valence-corrected chi connectivity index (χ1v) is 30.5. The van der Waals surface area contributed by atoms with Crippen molar-refractivity contribution in [3.8, 4) is 11.4 Å². The van der Waals surface area contributed by atoms with Crippen LogP contribution in [0.3, 0.4) is 0 Å². The van der Waals surface area contributed by atoms with Crippen molar-refractivity contribution in [1.82, 2.24) is 30.8 Å². The second-order valence-corrected chi connectivity index (χ2v) is 24.6. The Balaban J connectivity index is 0.635. The Hall–Kier alpha value is -6.78. The van der Waals surface area contributed by atoms with Gasteiger partial charge in [-0.15, -0.1) is 0 Å². The van der Waals surface area contributed by atoms with Gasteiger partial charge in [0.05, 0.1) is 67.9 Å². The van der Waals surface area contributed by atoms with E-state index in [-0.39, 0.29) is 75.9 Å². The monoisotopic (exact) mass is 1170 g/mol. The number of benzene rings is 2. The van der Waals surface area contributed by atoms with Crippen LogP contribution >= 0.6 is 0 Å². The summed E-state index contributed by atoms with van der Waals surface area (Å²) in [6.45, 7) is 9.76. The molecule has 20 nitrogen and oxygen atoms in total. The maximum Gasteiger partial charge on any atom is 0.407 e. The summed E-state index contributed by atoms with van der Waals surface area (Å²) in [7, 11) is 0. The fourth-order valence-electron chi connectivity index (χ4n) is 14.0. The molecular formula is C64H80FN7O13. The SMILES string of the molecule is CC[C@@]12C[C@]1(O)OCc1c2cc2n(c1=O)Cc1c-2nc2cc(F)c(C)c3c2c1C(NC(=O)COC1(OCc2ccc(NC(=O)[C@H](C)NC(=O)[C@@H](NC(=O)OCCOCCNC(=O)OCC4[C@H]5CC/C=C\CC[C@@H]45)C(C)C)cc2)CCCCC1)CC3. The Morgan fingerprint density at radius 3 is 2.36 bits per heavy atom. The highest BCUT2D eigenvalue weighted by atomic mass is 19.1. The number of aromatic nitrogens is 2. The average molecular weight is 1170 g/mol. The first kappa shape index (κ1) is 59.9. The number of aryl methyl sites for hydroxylation is 1. The van der Waals surface area contributed by atoms with E-state index < -0.39 is 59.1 Å². The molecule has 0 saturated heterocycles. The number of carbonyl (C=O) groups excluding carboxylic acids is 5. The summed E-state index contributed by atoms with van der Waals surface area (Å²) in [4.78, 5) is 85.0. The molecule has 4 aromatic rings. The molecule has 5 aliphatic carbocycles. The van der Waals surface area contributed by atoms with Crippen molar-refractivity contribution < 1.29 is 61.9 Å². The molecule has 6 N–H and O–H groups in total. The Bertz CT molecular complexity index is 3310. The van der Waals surface area contributed by atoms with Gasteiger partial charge in [0.1, 0.15) is 31.1 Å². The zero-order valence-electron chi connectivity index (χ0n) is 49.3. The van der Waals surface area contributed by atoms with E-state index in [1.807, 2.05) is 25.1 Å². The van der Waals surface area contributed by atoms with E-state index >= 15 is 4.39 Å². The third-order valence-corrected chi connectivity index (χ3v) is 19.0. The summed E-state index contributed by atoms with van der Waals surface area (Å²) in [6, 6.07) is 8.05. The number of amides is 5. The number of halogens is 1. The van der Waals surface area contributed by atoms with Gasteiger partial charge in [0.15, 0.2) is 11.6 Å². The summed E-state index contributed by atoms with van der Waals surface area (Å²) in [6.07, 6.45) is 13.5. The molecule has 7 aliphatic rings. The van der Waals surface area contributed by atoms with Crippen LogP contribution in [0, 0.1) is 36.4 Å². The highest BCUT2D eigenvalue weighted by Gasteiger charge is 2.71. The number of ether oxygens (including phenoxy) is 6. The maximum absolute atomic E-state index is 15.6. The van der Waals surface area contributed by atoms with Gasteiger partial charge < -0.3 is 64.7 Å². The molecule has 0 spiro atoms. The van der Waals surface area contributed by atoms with Crippen LogP contribution in [0.1, 0.15) is 150 Å². The van der Waals surface area contributed by atoms with Crippen LogP contribution < -0.4 is 32.1 Å². The van der Waals surface area contributed by atoms with E-state index in [4.69, 9.17) is 33.4 Å². The minimum Gasteiger partial charge on any atom is -0.449 e. The van der Waals surface area contributed by atoms with Gasteiger partial charge in [0.25, 0.3) is 5.56 Å². The van der Waals surface area contributed by atoms with Gasteiger partial charge >= 0.3 is 12.2 Å². The third kappa shape index (κ3) is 12.3. The van der Waals surface area contributed by atoms with Gasteiger partial charge in [-0.3, -0.25) is 19.2 Å². The highest BCUT2D eigenvalue weighted by molar-refractivity contribution is 5.98. The quantitative estimate of drug-likeness (QED) is 0.0218. The molecule has 4 heterocycles. The Morgan fingerprint density at radius 1 is 0.882 bits per heavy atom. The smallest absolute Gasteiger partial charge is 0.407 e. The Kier molecular flexibility index (Phi) is 17.6. The lowest BCUT2D eigenvalue weighted by atomic mass is 9.81. The maximum atomic E-state index is 15.6. The number of nitrogens with zero attached hydrogens (tertiary/aromatic N) is 2. The van der Waals surface area contributed by atoms with Gasteiger partial charge in [-0.2, -0.15) is 0 Å². The number of nitrogens with one attached hydrogen (secondary N) is 5. The minimum absolute atomic E-state index is 0.00456. The number of hydrogen-bond donors (Lipinski definition) is 6.